The first-order valence-corrected chi connectivity index (χ1v) is 6.72. The Kier molecular flexibility index (Phi) is 7.66. The Morgan fingerprint density at radius 2 is 2.15 bits per heavy atom. The predicted molar refractivity (Wildman–Crippen MR) is 76.6 cm³/mol. The molecule has 0 radical (unpaired) electrons. The van der Waals surface area contributed by atoms with E-state index in [2.05, 4.69) is 11.0 Å². The molecule has 1 unspecified atom stereocenters. The highest BCUT2D eigenvalue weighted by molar-refractivity contribution is 5.42. The van der Waals surface area contributed by atoms with Gasteiger partial charge >= 0.3 is 0 Å². The number of ether oxygens (including phenoxy) is 2. The maximum Gasteiger partial charge on any atom is 0.137 e. The Bertz CT molecular complexity index is 431. The van der Waals surface area contributed by atoms with Crippen molar-refractivity contribution in [3.8, 4) is 11.8 Å². The lowest BCUT2D eigenvalue weighted by molar-refractivity contribution is 0.0591. The zero-order valence-corrected chi connectivity index (χ0v) is 12.1. The fourth-order valence-electron chi connectivity index (χ4n) is 1.82. The summed E-state index contributed by atoms with van der Waals surface area (Å²) in [5, 5.41) is 18.9. The molecule has 0 heterocycles. The second kappa shape index (κ2) is 9.32. The molecule has 0 saturated heterocycles. The summed E-state index contributed by atoms with van der Waals surface area (Å²) < 4.78 is 10.5. The number of hydrogen-bond donors (Lipinski definition) is 1. The summed E-state index contributed by atoms with van der Waals surface area (Å²) in [4.78, 5) is 2.09. The molecule has 1 N–H and O–H groups in total. The molecule has 110 valence electrons. The van der Waals surface area contributed by atoms with Gasteiger partial charge in [0.2, 0.25) is 0 Å². The van der Waals surface area contributed by atoms with Crippen molar-refractivity contribution in [3.63, 3.8) is 0 Å². The van der Waals surface area contributed by atoms with E-state index in [-0.39, 0.29) is 6.61 Å². The Balaban J connectivity index is 2.42. The van der Waals surface area contributed by atoms with Crippen LogP contribution in [0.2, 0.25) is 0 Å². The van der Waals surface area contributed by atoms with Crippen molar-refractivity contribution in [3.05, 3.63) is 29.8 Å². The molecule has 0 saturated carbocycles. The molecular formula is C15H22N2O3. The normalized spacial score (nSPS) is 12.2. The van der Waals surface area contributed by atoms with Crippen molar-refractivity contribution in [2.45, 2.75) is 13.0 Å². The molecule has 20 heavy (non-hydrogen) atoms. The van der Waals surface area contributed by atoms with Gasteiger partial charge in [-0.25, -0.2) is 0 Å². The third-order valence-corrected chi connectivity index (χ3v) is 2.97. The van der Waals surface area contributed by atoms with Crippen molar-refractivity contribution in [1.82, 2.24) is 4.90 Å². The first-order chi connectivity index (χ1) is 9.71. The highest BCUT2D eigenvalue weighted by atomic mass is 16.5. The van der Waals surface area contributed by atoms with Gasteiger partial charge in [0, 0.05) is 20.2 Å². The van der Waals surface area contributed by atoms with Gasteiger partial charge in [-0.3, -0.25) is 4.90 Å². The summed E-state index contributed by atoms with van der Waals surface area (Å²) in [6.45, 7) is 4.98. The largest absolute Gasteiger partial charge is 0.489 e. The van der Waals surface area contributed by atoms with Gasteiger partial charge in [0.05, 0.1) is 12.2 Å². The zero-order chi connectivity index (χ0) is 14.8. The monoisotopic (exact) mass is 278 g/mol. The molecule has 0 spiro atoms. The van der Waals surface area contributed by atoms with Crippen LogP contribution in [-0.4, -0.2) is 56.1 Å². The number of benzene rings is 1. The second-order valence-corrected chi connectivity index (χ2v) is 4.46. The van der Waals surface area contributed by atoms with Gasteiger partial charge in [-0.05, 0) is 18.7 Å². The van der Waals surface area contributed by atoms with Crippen LogP contribution in [0.1, 0.15) is 12.5 Å². The average molecular weight is 278 g/mol. The maximum atomic E-state index is 9.98. The molecule has 0 amide bonds. The van der Waals surface area contributed by atoms with Gasteiger partial charge in [-0.15, -0.1) is 0 Å². The molecule has 1 atom stereocenters. The number of likely N-dealkylation sites (N-methyl/N-ethyl adjacent to an activating group) is 1. The van der Waals surface area contributed by atoms with Crippen molar-refractivity contribution in [2.75, 3.05) is 40.0 Å². The van der Waals surface area contributed by atoms with Crippen LogP contribution in [0.25, 0.3) is 0 Å². The third kappa shape index (κ3) is 5.57. The van der Waals surface area contributed by atoms with Gasteiger partial charge < -0.3 is 14.6 Å². The van der Waals surface area contributed by atoms with E-state index in [9.17, 15) is 5.11 Å². The Morgan fingerprint density at radius 3 is 2.80 bits per heavy atom. The minimum Gasteiger partial charge on any atom is -0.489 e. The number of hydrogen-bond acceptors (Lipinski definition) is 5. The molecule has 1 aromatic carbocycles. The average Bonchev–Trinajstić information content (AvgIpc) is 2.49. The number of nitrogens with zero attached hydrogens (tertiary/aromatic N) is 2. The number of nitriles is 1. The summed E-state index contributed by atoms with van der Waals surface area (Å²) in [7, 11) is 1.66. The molecule has 5 heteroatoms. The fourth-order valence-corrected chi connectivity index (χ4v) is 1.82. The van der Waals surface area contributed by atoms with Crippen LogP contribution in [0.15, 0.2) is 24.3 Å². The molecule has 5 nitrogen and oxygen atoms in total. The van der Waals surface area contributed by atoms with Gasteiger partial charge in [0.25, 0.3) is 0 Å². The molecule has 0 aliphatic rings. The molecule has 0 aromatic heterocycles. The SMILES string of the molecule is CCN(CCOC)CC(O)COc1ccccc1C#N. The van der Waals surface area contributed by atoms with Gasteiger partial charge in [0.1, 0.15) is 24.5 Å². The topological polar surface area (TPSA) is 65.7 Å². The van der Waals surface area contributed by atoms with E-state index in [1.54, 1.807) is 31.4 Å². The lowest BCUT2D eigenvalue weighted by Crippen LogP contribution is -2.37. The molecule has 0 aliphatic heterocycles. The molecular weight excluding hydrogens is 256 g/mol. The van der Waals surface area contributed by atoms with Gasteiger partial charge in [-0.1, -0.05) is 19.1 Å². The van der Waals surface area contributed by atoms with Crippen LogP contribution in [0.4, 0.5) is 0 Å². The van der Waals surface area contributed by atoms with Crippen LogP contribution in [-0.2, 0) is 4.74 Å². The van der Waals surface area contributed by atoms with Crippen molar-refractivity contribution >= 4 is 0 Å². The second-order valence-electron chi connectivity index (χ2n) is 4.46. The summed E-state index contributed by atoms with van der Waals surface area (Å²) in [5.74, 6) is 0.508. The molecule has 0 fully saturated rings. The number of aliphatic hydroxyl groups excluding tert-OH is 1. The Labute approximate surface area is 120 Å². The molecule has 1 aromatic rings. The highest BCUT2D eigenvalue weighted by Crippen LogP contribution is 2.16. The Hall–Kier alpha value is -1.61. The lowest BCUT2D eigenvalue weighted by atomic mass is 10.2. The molecule has 1 rings (SSSR count). The van der Waals surface area contributed by atoms with Crippen LogP contribution in [0.5, 0.6) is 5.75 Å². The van der Waals surface area contributed by atoms with Crippen molar-refractivity contribution in [2.24, 2.45) is 0 Å². The molecule has 0 aliphatic carbocycles. The maximum absolute atomic E-state index is 9.98. The van der Waals surface area contributed by atoms with Gasteiger partial charge in [-0.2, -0.15) is 5.26 Å². The number of aliphatic hydroxyl groups is 1. The van der Waals surface area contributed by atoms with E-state index >= 15 is 0 Å². The molecule has 0 bridgehead atoms. The smallest absolute Gasteiger partial charge is 0.137 e. The van der Waals surface area contributed by atoms with E-state index in [1.807, 2.05) is 6.92 Å². The van der Waals surface area contributed by atoms with Crippen LogP contribution < -0.4 is 4.74 Å². The lowest BCUT2D eigenvalue weighted by Gasteiger charge is -2.23. The van der Waals surface area contributed by atoms with E-state index in [0.29, 0.717) is 24.5 Å². The number of methoxy groups -OCH3 is 1. The highest BCUT2D eigenvalue weighted by Gasteiger charge is 2.12. The first-order valence-electron chi connectivity index (χ1n) is 6.72. The third-order valence-electron chi connectivity index (χ3n) is 2.97. The standard InChI is InChI=1S/C15H22N2O3/c1-3-17(8-9-19-2)11-14(18)12-20-15-7-5-4-6-13(15)10-16/h4-7,14,18H,3,8-9,11-12H2,1-2H3. The fraction of sp³-hybridized carbons (Fsp3) is 0.533. The summed E-state index contributed by atoms with van der Waals surface area (Å²) in [6, 6.07) is 9.08. The predicted octanol–water partition coefficient (Wildman–Crippen LogP) is 1.27. The zero-order valence-electron chi connectivity index (χ0n) is 12.1. The van der Waals surface area contributed by atoms with Crippen LogP contribution >= 0.6 is 0 Å². The van der Waals surface area contributed by atoms with E-state index < -0.39 is 6.10 Å². The van der Waals surface area contributed by atoms with Crippen LogP contribution in [0.3, 0.4) is 0 Å². The first kappa shape index (κ1) is 16.4. The quantitative estimate of drug-likeness (QED) is 0.737. The minimum atomic E-state index is -0.599. The van der Waals surface area contributed by atoms with Crippen molar-refractivity contribution < 1.29 is 14.6 Å². The summed E-state index contributed by atoms with van der Waals surface area (Å²) in [5.41, 5.74) is 0.478. The van der Waals surface area contributed by atoms with Crippen molar-refractivity contribution in [1.29, 1.82) is 5.26 Å². The summed E-state index contributed by atoms with van der Waals surface area (Å²) in [6.07, 6.45) is -0.599. The van der Waals surface area contributed by atoms with Gasteiger partial charge in [0.15, 0.2) is 0 Å². The van der Waals surface area contributed by atoms with Crippen LogP contribution in [0, 0.1) is 11.3 Å². The van der Waals surface area contributed by atoms with E-state index in [0.717, 1.165) is 13.1 Å². The summed E-state index contributed by atoms with van der Waals surface area (Å²) >= 11 is 0. The minimum absolute atomic E-state index is 0.169. The van der Waals surface area contributed by atoms with E-state index in [4.69, 9.17) is 14.7 Å². The Morgan fingerprint density at radius 1 is 1.40 bits per heavy atom. The number of para-hydroxylation sites is 1. The number of rotatable bonds is 9. The van der Waals surface area contributed by atoms with E-state index in [1.165, 1.54) is 0 Å².